The summed E-state index contributed by atoms with van der Waals surface area (Å²) in [4.78, 5) is 9.62. The molecule has 1 aliphatic rings. The highest BCUT2D eigenvalue weighted by molar-refractivity contribution is 5.66. The average Bonchev–Trinajstić information content (AvgIpc) is 2.19. The predicted molar refractivity (Wildman–Crippen MR) is 48.6 cm³/mol. The first-order valence-corrected chi connectivity index (χ1v) is 4.27. The van der Waals surface area contributed by atoms with Crippen LogP contribution >= 0.6 is 0 Å². The molecule has 17 heavy (non-hydrogen) atoms. The van der Waals surface area contributed by atoms with Gasteiger partial charge < -0.3 is 15.2 Å². The Morgan fingerprint density at radius 2 is 2.06 bits per heavy atom. The summed E-state index contributed by atoms with van der Waals surface area (Å²) in [6, 6.07) is 1.51. The molecule has 1 atom stereocenters. The van der Waals surface area contributed by atoms with Crippen molar-refractivity contribution < 1.29 is 27.6 Å². The number of nitrogen functional groups attached to an aromatic ring is 1. The van der Waals surface area contributed by atoms with Crippen LogP contribution in [0.15, 0.2) is 12.1 Å². The molecule has 1 aromatic rings. The van der Waals surface area contributed by atoms with Crippen LogP contribution in [0.2, 0.25) is 0 Å². The van der Waals surface area contributed by atoms with Crippen molar-refractivity contribution in [3.63, 3.8) is 0 Å². The second kappa shape index (κ2) is 3.40. The third kappa shape index (κ3) is 1.79. The zero-order valence-corrected chi connectivity index (χ0v) is 8.02. The highest BCUT2D eigenvalue weighted by Crippen LogP contribution is 2.44. The molecule has 0 radical (unpaired) electrons. The highest BCUT2D eigenvalue weighted by Gasteiger charge is 2.50. The van der Waals surface area contributed by atoms with Crippen molar-refractivity contribution in [1.29, 1.82) is 0 Å². The average molecular weight is 250 g/mol. The summed E-state index contributed by atoms with van der Waals surface area (Å²) < 4.78 is 46.5. The van der Waals surface area contributed by atoms with Crippen LogP contribution in [0.3, 0.4) is 0 Å². The van der Waals surface area contributed by atoms with Gasteiger partial charge in [0.05, 0.1) is 11.0 Å². The van der Waals surface area contributed by atoms with E-state index in [0.717, 1.165) is 6.07 Å². The van der Waals surface area contributed by atoms with Crippen molar-refractivity contribution in [1.82, 2.24) is 0 Å². The monoisotopic (exact) mass is 250 g/mol. The fraction of sp³-hybridized carbons (Fsp3) is 0.250. The van der Waals surface area contributed by atoms with Crippen molar-refractivity contribution in [3.05, 3.63) is 22.2 Å². The molecule has 0 amide bonds. The van der Waals surface area contributed by atoms with Crippen molar-refractivity contribution in [2.75, 3.05) is 5.73 Å². The third-order valence-electron chi connectivity index (χ3n) is 2.03. The van der Waals surface area contributed by atoms with Gasteiger partial charge in [-0.15, -0.1) is 0 Å². The normalized spacial score (nSPS) is 21.0. The maximum atomic E-state index is 12.8. The largest absolute Gasteiger partial charge is 0.468 e. The van der Waals surface area contributed by atoms with Gasteiger partial charge in [-0.1, -0.05) is 0 Å². The maximum Gasteiger partial charge on any atom is 0.468 e. The second-order valence-electron chi connectivity index (χ2n) is 3.21. The molecule has 6 nitrogen and oxygen atoms in total. The molecule has 0 spiro atoms. The lowest BCUT2D eigenvalue weighted by Crippen LogP contribution is -2.43. The minimum absolute atomic E-state index is 0.338. The van der Waals surface area contributed by atoms with Crippen molar-refractivity contribution in [3.8, 4) is 11.5 Å². The zero-order chi connectivity index (χ0) is 12.8. The van der Waals surface area contributed by atoms with Gasteiger partial charge in [0.25, 0.3) is 5.69 Å². The van der Waals surface area contributed by atoms with Gasteiger partial charge in [-0.05, 0) is 0 Å². The minimum Gasteiger partial charge on any atom is -0.447 e. The SMILES string of the molecule is Nc1cc2c(cc1[N+](=O)[O-])OC(F)(F)C(F)O2. The Hall–Kier alpha value is -2.19. The first kappa shape index (κ1) is 11.3. The summed E-state index contributed by atoms with van der Waals surface area (Å²) in [7, 11) is 0. The van der Waals surface area contributed by atoms with Crippen LogP contribution in [0.4, 0.5) is 24.5 Å². The first-order chi connectivity index (χ1) is 7.81. The zero-order valence-electron chi connectivity index (χ0n) is 8.02. The van der Waals surface area contributed by atoms with E-state index in [1.54, 1.807) is 0 Å². The number of alkyl halides is 3. The summed E-state index contributed by atoms with van der Waals surface area (Å²) in [5, 5.41) is 10.5. The standard InChI is InChI=1S/C8H5F3N2O4/c9-7-8(10,11)17-6-2-4(13(14)15)3(12)1-5(6)16-7/h1-2,7H,12H2. The van der Waals surface area contributed by atoms with E-state index >= 15 is 0 Å². The number of nitro groups is 1. The molecular formula is C8H5F3N2O4. The van der Waals surface area contributed by atoms with E-state index in [1.165, 1.54) is 0 Å². The number of rotatable bonds is 1. The van der Waals surface area contributed by atoms with Crippen LogP contribution in [0.25, 0.3) is 0 Å². The van der Waals surface area contributed by atoms with E-state index in [-0.39, 0.29) is 5.69 Å². The number of nitrogens with two attached hydrogens (primary N) is 1. The summed E-state index contributed by atoms with van der Waals surface area (Å²) in [5.74, 6) is -1.05. The Morgan fingerprint density at radius 1 is 1.41 bits per heavy atom. The number of halogens is 3. The van der Waals surface area contributed by atoms with Crippen LogP contribution in [-0.4, -0.2) is 17.4 Å². The van der Waals surface area contributed by atoms with Crippen molar-refractivity contribution >= 4 is 11.4 Å². The van der Waals surface area contributed by atoms with Gasteiger partial charge in [0, 0.05) is 6.07 Å². The topological polar surface area (TPSA) is 87.6 Å². The van der Waals surface area contributed by atoms with Crippen LogP contribution in [0, 0.1) is 10.1 Å². The molecule has 0 saturated carbocycles. The molecule has 1 heterocycles. The Labute approximate surface area is 91.9 Å². The van der Waals surface area contributed by atoms with Crippen LogP contribution in [0.1, 0.15) is 0 Å². The second-order valence-corrected chi connectivity index (χ2v) is 3.21. The Bertz CT molecular complexity index is 494. The number of hydrogen-bond acceptors (Lipinski definition) is 5. The fourth-order valence-electron chi connectivity index (χ4n) is 1.27. The third-order valence-corrected chi connectivity index (χ3v) is 2.03. The summed E-state index contributed by atoms with van der Waals surface area (Å²) >= 11 is 0. The summed E-state index contributed by atoms with van der Waals surface area (Å²) in [5.41, 5.74) is 4.31. The van der Waals surface area contributed by atoms with Gasteiger partial charge in [-0.2, -0.15) is 13.2 Å². The van der Waals surface area contributed by atoms with Gasteiger partial charge in [0.2, 0.25) is 0 Å². The Kier molecular flexibility index (Phi) is 2.26. The molecule has 0 bridgehead atoms. The van der Waals surface area contributed by atoms with E-state index in [1.807, 2.05) is 0 Å². The number of nitrogens with zero attached hydrogens (tertiary/aromatic N) is 1. The minimum atomic E-state index is -4.20. The van der Waals surface area contributed by atoms with E-state index in [9.17, 15) is 23.3 Å². The molecule has 0 fully saturated rings. The number of ether oxygens (including phenoxy) is 2. The number of anilines is 1. The molecule has 2 N–H and O–H groups in total. The molecule has 1 aliphatic heterocycles. The van der Waals surface area contributed by atoms with Gasteiger partial charge in [0.1, 0.15) is 5.69 Å². The molecule has 0 aliphatic carbocycles. The molecule has 2 rings (SSSR count). The number of nitro benzene ring substituents is 1. The molecule has 0 aromatic heterocycles. The quantitative estimate of drug-likeness (QED) is 0.466. The van der Waals surface area contributed by atoms with E-state index in [4.69, 9.17) is 5.73 Å². The van der Waals surface area contributed by atoms with Crippen molar-refractivity contribution in [2.45, 2.75) is 12.5 Å². The predicted octanol–water partition coefficient (Wildman–Crippen LogP) is 1.84. The van der Waals surface area contributed by atoms with Gasteiger partial charge in [0.15, 0.2) is 11.5 Å². The van der Waals surface area contributed by atoms with Gasteiger partial charge >= 0.3 is 12.5 Å². The lowest BCUT2D eigenvalue weighted by Gasteiger charge is -2.28. The summed E-state index contributed by atoms with van der Waals surface area (Å²) in [6.07, 6.45) is -7.19. The highest BCUT2D eigenvalue weighted by atomic mass is 19.3. The van der Waals surface area contributed by atoms with Crippen LogP contribution in [-0.2, 0) is 0 Å². The Morgan fingerprint density at radius 3 is 2.65 bits per heavy atom. The molecular weight excluding hydrogens is 245 g/mol. The first-order valence-electron chi connectivity index (χ1n) is 4.27. The van der Waals surface area contributed by atoms with Crippen molar-refractivity contribution in [2.24, 2.45) is 0 Å². The molecule has 0 saturated heterocycles. The number of hydrogen-bond donors (Lipinski definition) is 1. The molecule has 1 unspecified atom stereocenters. The number of fused-ring (bicyclic) bond motifs is 1. The fourth-order valence-corrected chi connectivity index (χ4v) is 1.27. The lowest BCUT2D eigenvalue weighted by atomic mass is 10.2. The van der Waals surface area contributed by atoms with Gasteiger partial charge in [-0.25, -0.2) is 0 Å². The summed E-state index contributed by atoms with van der Waals surface area (Å²) in [6.45, 7) is 0. The molecule has 9 heteroatoms. The lowest BCUT2D eigenvalue weighted by molar-refractivity contribution is -0.384. The maximum absolute atomic E-state index is 12.8. The van der Waals surface area contributed by atoms with E-state index in [0.29, 0.717) is 6.07 Å². The van der Waals surface area contributed by atoms with E-state index in [2.05, 4.69) is 9.47 Å². The molecule has 92 valence electrons. The smallest absolute Gasteiger partial charge is 0.447 e. The molecule has 1 aromatic carbocycles. The number of benzene rings is 1. The van der Waals surface area contributed by atoms with Crippen LogP contribution in [0.5, 0.6) is 11.5 Å². The van der Waals surface area contributed by atoms with Gasteiger partial charge in [-0.3, -0.25) is 10.1 Å². The Balaban J connectivity index is 2.50. The van der Waals surface area contributed by atoms with Crippen LogP contribution < -0.4 is 15.2 Å². The van der Waals surface area contributed by atoms with E-state index < -0.39 is 34.6 Å².